The maximum Gasteiger partial charge on any atom is 0.316 e. The Morgan fingerprint density at radius 2 is 1.87 bits per heavy atom. The summed E-state index contributed by atoms with van der Waals surface area (Å²) >= 11 is 0. The molecule has 0 aliphatic rings. The second-order valence-electron chi connectivity index (χ2n) is 7.18. The van der Waals surface area contributed by atoms with Gasteiger partial charge in [0.05, 0.1) is 23.4 Å². The Hall–Kier alpha value is -3.36. The predicted molar refractivity (Wildman–Crippen MR) is 110 cm³/mol. The number of oxazole rings is 1. The number of alkyl halides is 2. The molecule has 1 atom stereocenters. The maximum atomic E-state index is 13.3. The van der Waals surface area contributed by atoms with Crippen molar-refractivity contribution in [2.24, 2.45) is 0 Å². The van der Waals surface area contributed by atoms with Crippen molar-refractivity contribution in [3.05, 3.63) is 59.9 Å². The number of halogens is 2. The first-order chi connectivity index (χ1) is 14.7. The smallest absolute Gasteiger partial charge is 0.316 e. The summed E-state index contributed by atoms with van der Waals surface area (Å²) in [5.74, 6) is -2.18. The van der Waals surface area contributed by atoms with Crippen molar-refractivity contribution in [3.63, 3.8) is 0 Å². The van der Waals surface area contributed by atoms with Crippen molar-refractivity contribution in [2.75, 3.05) is 13.2 Å². The fraction of sp³-hybridized carbons (Fsp3) is 0.364. The van der Waals surface area contributed by atoms with Crippen LogP contribution in [-0.4, -0.2) is 45.0 Å². The van der Waals surface area contributed by atoms with Gasteiger partial charge in [-0.2, -0.15) is 0 Å². The molecule has 0 unspecified atom stereocenters. The number of carbonyl (C=O) groups excluding carboxylic acids is 1. The largest absolute Gasteiger partial charge is 0.461 e. The third-order valence-electron chi connectivity index (χ3n) is 4.77. The molecule has 3 rings (SSSR count). The molecule has 1 aromatic carbocycles. The lowest BCUT2D eigenvalue weighted by Gasteiger charge is -2.28. The molecule has 0 aliphatic carbocycles. The molecular formula is C22H24F2N4O3. The summed E-state index contributed by atoms with van der Waals surface area (Å²) in [5.41, 5.74) is 0.842. The van der Waals surface area contributed by atoms with E-state index in [1.807, 2.05) is 19.9 Å². The predicted octanol–water partition coefficient (Wildman–Crippen LogP) is 4.48. The number of carbonyl (C=O) groups is 1. The molecule has 7 nitrogen and oxygen atoms in total. The molecule has 0 saturated heterocycles. The van der Waals surface area contributed by atoms with Gasteiger partial charge >= 0.3 is 6.01 Å². The molecule has 0 fully saturated rings. The Kier molecular flexibility index (Phi) is 6.62. The number of hydrogen-bond donors (Lipinski definition) is 0. The maximum absolute atomic E-state index is 13.3. The van der Waals surface area contributed by atoms with Crippen molar-refractivity contribution >= 4 is 5.91 Å². The molecule has 31 heavy (non-hydrogen) atoms. The highest BCUT2D eigenvalue weighted by atomic mass is 19.3. The Morgan fingerprint density at radius 1 is 1.19 bits per heavy atom. The van der Waals surface area contributed by atoms with Crippen LogP contribution < -0.4 is 4.74 Å². The van der Waals surface area contributed by atoms with Crippen LogP contribution in [0.2, 0.25) is 0 Å². The molecule has 2 heterocycles. The fourth-order valence-corrected chi connectivity index (χ4v) is 3.08. The van der Waals surface area contributed by atoms with Gasteiger partial charge in [0, 0.05) is 38.3 Å². The highest BCUT2D eigenvalue weighted by Crippen LogP contribution is 2.27. The first-order valence-electron chi connectivity index (χ1n) is 9.86. The number of likely N-dealkylation sites (N-methyl/N-ethyl adjacent to an activating group) is 1. The molecule has 0 saturated carbocycles. The third-order valence-corrected chi connectivity index (χ3v) is 4.77. The van der Waals surface area contributed by atoms with Crippen molar-refractivity contribution in [1.29, 1.82) is 0 Å². The van der Waals surface area contributed by atoms with E-state index >= 15 is 0 Å². The number of amides is 1. The second-order valence-corrected chi connectivity index (χ2v) is 7.18. The monoisotopic (exact) mass is 430 g/mol. The minimum atomic E-state index is -3.02. The summed E-state index contributed by atoms with van der Waals surface area (Å²) in [6.07, 6.45) is 3.65. The molecule has 3 aromatic rings. The summed E-state index contributed by atoms with van der Waals surface area (Å²) in [7, 11) is 0. The van der Waals surface area contributed by atoms with Gasteiger partial charge in [-0.25, -0.2) is 23.7 Å². The summed E-state index contributed by atoms with van der Waals surface area (Å²) < 4.78 is 37.7. The first-order valence-corrected chi connectivity index (χ1v) is 9.86. The van der Waals surface area contributed by atoms with Crippen LogP contribution in [0.1, 0.15) is 42.6 Å². The Labute approximate surface area is 179 Å². The van der Waals surface area contributed by atoms with Crippen molar-refractivity contribution < 1.29 is 22.7 Å². The van der Waals surface area contributed by atoms with Gasteiger partial charge in [0.25, 0.3) is 11.8 Å². The van der Waals surface area contributed by atoms with Gasteiger partial charge in [-0.1, -0.05) is 18.2 Å². The minimum absolute atomic E-state index is 0.0270. The van der Waals surface area contributed by atoms with Crippen molar-refractivity contribution in [1.82, 2.24) is 19.9 Å². The van der Waals surface area contributed by atoms with Crippen LogP contribution >= 0.6 is 0 Å². The van der Waals surface area contributed by atoms with E-state index in [2.05, 4.69) is 15.0 Å². The highest BCUT2D eigenvalue weighted by Gasteiger charge is 2.26. The van der Waals surface area contributed by atoms with Gasteiger partial charge in [0.15, 0.2) is 11.7 Å². The van der Waals surface area contributed by atoms with Crippen LogP contribution in [0.4, 0.5) is 8.78 Å². The zero-order valence-corrected chi connectivity index (χ0v) is 17.8. The summed E-state index contributed by atoms with van der Waals surface area (Å²) in [6.45, 7) is 6.75. The van der Waals surface area contributed by atoms with E-state index in [0.717, 1.165) is 19.3 Å². The minimum Gasteiger partial charge on any atom is -0.461 e. The number of benzene rings is 1. The quantitative estimate of drug-likeness (QED) is 0.524. The summed E-state index contributed by atoms with van der Waals surface area (Å²) in [4.78, 5) is 26.7. The molecule has 0 spiro atoms. The van der Waals surface area contributed by atoms with Crippen LogP contribution in [0.5, 0.6) is 6.01 Å². The number of aryl methyl sites for hydroxylation is 1. The molecule has 2 aromatic heterocycles. The molecule has 0 aliphatic heterocycles. The highest BCUT2D eigenvalue weighted by molar-refractivity contribution is 6.00. The average Bonchev–Trinajstić information content (AvgIpc) is 3.18. The average molecular weight is 430 g/mol. The second kappa shape index (κ2) is 9.20. The van der Waals surface area contributed by atoms with E-state index < -0.39 is 5.92 Å². The van der Waals surface area contributed by atoms with Gasteiger partial charge in [-0.3, -0.25) is 4.79 Å². The Bertz CT molecular complexity index is 1030. The molecule has 0 N–H and O–H groups in total. The fourth-order valence-electron chi connectivity index (χ4n) is 3.08. The van der Waals surface area contributed by atoms with E-state index in [-0.39, 0.29) is 30.1 Å². The van der Waals surface area contributed by atoms with Crippen LogP contribution in [0.15, 0.2) is 47.3 Å². The molecular weight excluding hydrogens is 406 g/mol. The van der Waals surface area contributed by atoms with Crippen molar-refractivity contribution in [3.8, 4) is 17.3 Å². The normalized spacial score (nSPS) is 12.5. The van der Waals surface area contributed by atoms with Crippen LogP contribution in [-0.2, 0) is 5.92 Å². The van der Waals surface area contributed by atoms with Gasteiger partial charge in [-0.05, 0) is 19.9 Å². The van der Waals surface area contributed by atoms with Gasteiger partial charge in [0.2, 0.25) is 0 Å². The van der Waals surface area contributed by atoms with Gasteiger partial charge in [0.1, 0.15) is 6.61 Å². The van der Waals surface area contributed by atoms with E-state index in [0.29, 0.717) is 29.3 Å². The van der Waals surface area contributed by atoms with Crippen LogP contribution in [0, 0.1) is 6.92 Å². The zero-order chi connectivity index (χ0) is 22.6. The zero-order valence-electron chi connectivity index (χ0n) is 17.8. The lowest BCUT2D eigenvalue weighted by atomic mass is 10.0. The van der Waals surface area contributed by atoms with Crippen LogP contribution in [0.3, 0.4) is 0 Å². The summed E-state index contributed by atoms with van der Waals surface area (Å²) in [6, 6.07) is 6.81. The topological polar surface area (TPSA) is 81.4 Å². The molecule has 0 bridgehead atoms. The third kappa shape index (κ3) is 5.22. The Balaban J connectivity index is 1.72. The van der Waals surface area contributed by atoms with E-state index in [9.17, 15) is 13.6 Å². The number of aromatic nitrogens is 3. The van der Waals surface area contributed by atoms with Crippen molar-refractivity contribution in [2.45, 2.75) is 39.7 Å². The SMILES string of the molecule is CCN(C(=O)c1ccccc1-c1cnc(C)o1)[C@@H](C)COc1ncc(C(C)(F)F)cn1. The number of nitrogens with zero attached hydrogens (tertiary/aromatic N) is 4. The molecule has 1 amide bonds. The molecule has 9 heteroatoms. The number of rotatable bonds is 8. The first kappa shape index (κ1) is 22.3. The lowest BCUT2D eigenvalue weighted by molar-refractivity contribution is 0.0165. The molecule has 164 valence electrons. The van der Waals surface area contributed by atoms with E-state index in [1.54, 1.807) is 36.2 Å². The van der Waals surface area contributed by atoms with E-state index in [4.69, 9.17) is 9.15 Å². The lowest BCUT2D eigenvalue weighted by Crippen LogP contribution is -2.42. The Morgan fingerprint density at radius 3 is 2.45 bits per heavy atom. The standard InChI is InChI=1S/C22H24F2N4O3/c1-5-28(14(2)13-30-21-26-10-16(11-27-21)22(4,23)24)20(29)18-9-7-6-8-17(18)19-12-25-15(3)31-19/h6-12,14H,5,13H2,1-4H3/t14-/m0/s1. The van der Waals surface area contributed by atoms with Crippen LogP contribution in [0.25, 0.3) is 11.3 Å². The van der Waals surface area contributed by atoms with E-state index in [1.165, 1.54) is 0 Å². The van der Waals surface area contributed by atoms with Gasteiger partial charge < -0.3 is 14.1 Å². The van der Waals surface area contributed by atoms with Gasteiger partial charge in [-0.15, -0.1) is 0 Å². The number of ether oxygens (including phenoxy) is 1. The molecule has 0 radical (unpaired) electrons. The summed E-state index contributed by atoms with van der Waals surface area (Å²) in [5, 5.41) is 0. The number of hydrogen-bond acceptors (Lipinski definition) is 6.